The molecular weight excluding hydrogens is 332 g/mol. The molecule has 25 heavy (non-hydrogen) atoms. The fourth-order valence-corrected chi connectivity index (χ4v) is 2.55. The highest BCUT2D eigenvalue weighted by molar-refractivity contribution is 6.31. The quantitative estimate of drug-likeness (QED) is 0.632. The highest BCUT2D eigenvalue weighted by Gasteiger charge is 2.15. The number of benzene rings is 1. The molecule has 3 rings (SSSR count). The lowest BCUT2D eigenvalue weighted by Gasteiger charge is -2.09. The van der Waals surface area contributed by atoms with E-state index < -0.39 is 0 Å². The van der Waals surface area contributed by atoms with Gasteiger partial charge in [0.1, 0.15) is 11.5 Å². The zero-order valence-electron chi connectivity index (χ0n) is 14.2. The van der Waals surface area contributed by atoms with Crippen LogP contribution in [0.4, 0.5) is 5.82 Å². The Morgan fingerprint density at radius 2 is 2.00 bits per heavy atom. The van der Waals surface area contributed by atoms with Crippen molar-refractivity contribution in [2.75, 3.05) is 5.32 Å². The number of nitrogens with one attached hydrogen (secondary N) is 1. The Balaban J connectivity index is 2.08. The molecule has 1 aromatic carbocycles. The Morgan fingerprint density at radius 1 is 1.24 bits per heavy atom. The summed E-state index contributed by atoms with van der Waals surface area (Å²) in [6.07, 6.45) is 9.11. The molecule has 126 valence electrons. The maximum absolute atomic E-state index is 6.01. The van der Waals surface area contributed by atoms with Crippen molar-refractivity contribution in [3.63, 3.8) is 0 Å². The van der Waals surface area contributed by atoms with E-state index in [4.69, 9.17) is 16.6 Å². The van der Waals surface area contributed by atoms with E-state index in [0.717, 1.165) is 28.4 Å². The zero-order valence-corrected chi connectivity index (χ0v) is 15.0. The predicted octanol–water partition coefficient (Wildman–Crippen LogP) is 5.33. The maximum atomic E-state index is 6.01. The van der Waals surface area contributed by atoms with Gasteiger partial charge in [0.25, 0.3) is 0 Å². The molecule has 0 saturated carbocycles. The molecule has 0 bridgehead atoms. The summed E-state index contributed by atoms with van der Waals surface area (Å²) in [5, 5.41) is 4.00. The molecular formula is C20H19ClN4. The van der Waals surface area contributed by atoms with Crippen molar-refractivity contribution in [1.29, 1.82) is 0 Å². The third kappa shape index (κ3) is 3.64. The first-order chi connectivity index (χ1) is 12.1. The Labute approximate surface area is 152 Å². The molecule has 2 aromatic heterocycles. The van der Waals surface area contributed by atoms with Crippen molar-refractivity contribution in [3.05, 3.63) is 84.0 Å². The first kappa shape index (κ1) is 17.0. The minimum atomic E-state index is 0.657. The SMILES string of the molecule is C=C(/C=C\C(Cl)=C/C)Nc1c(-c2ccccc2)nc2c(C)nccn12. The van der Waals surface area contributed by atoms with Crippen LogP contribution >= 0.6 is 11.6 Å². The molecule has 3 aromatic rings. The van der Waals surface area contributed by atoms with Gasteiger partial charge >= 0.3 is 0 Å². The van der Waals surface area contributed by atoms with Crippen molar-refractivity contribution in [2.24, 2.45) is 0 Å². The number of aryl methyl sites for hydroxylation is 1. The summed E-state index contributed by atoms with van der Waals surface area (Å²) < 4.78 is 1.99. The molecule has 0 aliphatic heterocycles. The number of hydrogen-bond acceptors (Lipinski definition) is 3. The van der Waals surface area contributed by atoms with E-state index in [-0.39, 0.29) is 0 Å². The number of rotatable bonds is 5. The Morgan fingerprint density at radius 3 is 2.72 bits per heavy atom. The van der Waals surface area contributed by atoms with E-state index in [1.54, 1.807) is 12.3 Å². The van der Waals surface area contributed by atoms with E-state index in [0.29, 0.717) is 10.7 Å². The fraction of sp³-hybridized carbons (Fsp3) is 0.100. The van der Waals surface area contributed by atoms with E-state index >= 15 is 0 Å². The first-order valence-corrected chi connectivity index (χ1v) is 8.33. The molecule has 0 atom stereocenters. The predicted molar refractivity (Wildman–Crippen MR) is 105 cm³/mol. The van der Waals surface area contributed by atoms with E-state index in [1.807, 2.05) is 66.9 Å². The van der Waals surface area contributed by atoms with Gasteiger partial charge in [0.05, 0.1) is 5.69 Å². The summed E-state index contributed by atoms with van der Waals surface area (Å²) >= 11 is 6.01. The van der Waals surface area contributed by atoms with Crippen LogP contribution in [0.5, 0.6) is 0 Å². The normalized spacial score (nSPS) is 12.0. The molecule has 0 unspecified atom stereocenters. The topological polar surface area (TPSA) is 42.2 Å². The van der Waals surface area contributed by atoms with Crippen molar-refractivity contribution in [1.82, 2.24) is 14.4 Å². The summed E-state index contributed by atoms with van der Waals surface area (Å²) in [4.78, 5) is 9.11. The lowest BCUT2D eigenvalue weighted by Crippen LogP contribution is -2.01. The summed E-state index contributed by atoms with van der Waals surface area (Å²) in [7, 11) is 0. The van der Waals surface area contributed by atoms with Gasteiger partial charge < -0.3 is 5.32 Å². The second-order valence-corrected chi connectivity index (χ2v) is 5.97. The molecule has 0 radical (unpaired) electrons. The largest absolute Gasteiger partial charge is 0.340 e. The van der Waals surface area contributed by atoms with Gasteiger partial charge in [-0.15, -0.1) is 0 Å². The van der Waals surface area contributed by atoms with Crippen LogP contribution in [0.1, 0.15) is 12.6 Å². The number of anilines is 1. The average Bonchev–Trinajstić information content (AvgIpc) is 3.00. The molecule has 0 aliphatic carbocycles. The number of nitrogens with zero attached hydrogens (tertiary/aromatic N) is 3. The van der Waals surface area contributed by atoms with E-state index in [2.05, 4.69) is 16.9 Å². The molecule has 0 aliphatic rings. The highest BCUT2D eigenvalue weighted by atomic mass is 35.5. The van der Waals surface area contributed by atoms with Crippen LogP contribution in [0.15, 0.2) is 78.3 Å². The van der Waals surface area contributed by atoms with Gasteiger partial charge in [0.2, 0.25) is 0 Å². The molecule has 1 N–H and O–H groups in total. The summed E-state index contributed by atoms with van der Waals surface area (Å²) in [6.45, 7) is 7.89. The minimum Gasteiger partial charge on any atom is -0.340 e. The standard InChI is InChI=1S/C20H19ClN4/c1-4-17(21)11-10-14(2)23-20-18(16-8-6-5-7-9-16)24-19-15(3)22-12-13-25(19)20/h4-13,23H,2H2,1,3H3/b11-10-,17-4+. The van der Waals surface area contributed by atoms with E-state index in [1.165, 1.54) is 0 Å². The van der Waals surface area contributed by atoms with E-state index in [9.17, 15) is 0 Å². The van der Waals surface area contributed by atoms with Crippen molar-refractivity contribution in [3.8, 4) is 11.3 Å². The molecule has 0 amide bonds. The highest BCUT2D eigenvalue weighted by Crippen LogP contribution is 2.30. The Bertz CT molecular complexity index is 968. The third-order valence-electron chi connectivity index (χ3n) is 3.76. The Hall–Kier alpha value is -2.85. The van der Waals surface area contributed by atoms with Crippen LogP contribution in [0.3, 0.4) is 0 Å². The van der Waals surface area contributed by atoms with Gasteiger partial charge in [-0.05, 0) is 26.0 Å². The molecule has 2 heterocycles. The number of aromatic nitrogens is 3. The fourth-order valence-electron chi connectivity index (χ4n) is 2.49. The lowest BCUT2D eigenvalue weighted by atomic mass is 10.1. The molecule has 0 saturated heterocycles. The third-order valence-corrected chi connectivity index (χ3v) is 4.11. The van der Waals surface area contributed by atoms with Crippen molar-refractivity contribution < 1.29 is 0 Å². The second-order valence-electron chi connectivity index (χ2n) is 5.54. The smallest absolute Gasteiger partial charge is 0.160 e. The first-order valence-electron chi connectivity index (χ1n) is 7.95. The van der Waals surface area contributed by atoms with Crippen LogP contribution in [-0.4, -0.2) is 14.4 Å². The van der Waals surface area contributed by atoms with Gasteiger partial charge in [0, 0.05) is 28.7 Å². The summed E-state index contributed by atoms with van der Waals surface area (Å²) in [6, 6.07) is 10.0. The van der Waals surface area contributed by atoms with Gasteiger partial charge in [-0.25, -0.2) is 4.98 Å². The van der Waals surface area contributed by atoms with Gasteiger partial charge in [-0.1, -0.05) is 54.6 Å². The van der Waals surface area contributed by atoms with Crippen LogP contribution < -0.4 is 5.32 Å². The van der Waals surface area contributed by atoms with Crippen LogP contribution in [-0.2, 0) is 0 Å². The molecule has 0 spiro atoms. The number of fused-ring (bicyclic) bond motifs is 1. The van der Waals surface area contributed by atoms with Crippen molar-refractivity contribution in [2.45, 2.75) is 13.8 Å². The summed E-state index contributed by atoms with van der Waals surface area (Å²) in [5.41, 5.74) is 4.27. The molecule has 0 fully saturated rings. The second kappa shape index (κ2) is 7.36. The molecule has 5 heteroatoms. The number of imidazole rings is 1. The average molecular weight is 351 g/mol. The monoisotopic (exact) mass is 350 g/mol. The van der Waals surface area contributed by atoms with Gasteiger partial charge in [0.15, 0.2) is 5.65 Å². The molecule has 4 nitrogen and oxygen atoms in total. The van der Waals surface area contributed by atoms with Crippen LogP contribution in [0.25, 0.3) is 16.9 Å². The van der Waals surface area contributed by atoms with Gasteiger partial charge in [-0.3, -0.25) is 9.38 Å². The van der Waals surface area contributed by atoms with Crippen molar-refractivity contribution >= 4 is 23.1 Å². The van der Waals surface area contributed by atoms with Crippen LogP contribution in [0.2, 0.25) is 0 Å². The van der Waals surface area contributed by atoms with Gasteiger partial charge in [-0.2, -0.15) is 0 Å². The number of hydrogen-bond donors (Lipinski definition) is 1. The maximum Gasteiger partial charge on any atom is 0.160 e. The number of halogens is 1. The zero-order chi connectivity index (χ0) is 17.8. The summed E-state index contributed by atoms with van der Waals surface area (Å²) in [5.74, 6) is 0.845. The Kier molecular flexibility index (Phi) is 5.00. The minimum absolute atomic E-state index is 0.657. The number of allylic oxidation sites excluding steroid dienone is 4. The van der Waals surface area contributed by atoms with Crippen LogP contribution in [0, 0.1) is 6.92 Å². The lowest BCUT2D eigenvalue weighted by molar-refractivity contribution is 1.08.